The Morgan fingerprint density at radius 2 is 1.84 bits per heavy atom. The fraction of sp³-hybridized carbons (Fsp3) is 0.263. The summed E-state index contributed by atoms with van der Waals surface area (Å²) in [5, 5.41) is 3.38. The molecule has 0 spiro atoms. The number of carbonyl (C=O) groups excluding carboxylic acids is 2. The first-order valence-electron chi connectivity index (χ1n) is 8.13. The number of urea groups is 1. The van der Waals surface area contributed by atoms with E-state index in [1.165, 1.54) is 0 Å². The molecule has 2 aromatic rings. The van der Waals surface area contributed by atoms with E-state index < -0.39 is 0 Å². The van der Waals surface area contributed by atoms with Crippen LogP contribution in [0.15, 0.2) is 42.5 Å². The fourth-order valence-corrected chi connectivity index (χ4v) is 2.96. The van der Waals surface area contributed by atoms with Gasteiger partial charge >= 0.3 is 6.03 Å². The molecular formula is C19H20ClN3O2. The molecule has 1 aliphatic heterocycles. The van der Waals surface area contributed by atoms with Crippen LogP contribution in [-0.2, 0) is 4.79 Å². The Morgan fingerprint density at radius 3 is 2.56 bits per heavy atom. The molecule has 3 rings (SSSR count). The van der Waals surface area contributed by atoms with Gasteiger partial charge in [-0.3, -0.25) is 9.69 Å². The molecule has 1 saturated heterocycles. The highest BCUT2D eigenvalue weighted by atomic mass is 35.5. The van der Waals surface area contributed by atoms with Crippen molar-refractivity contribution in [2.75, 3.05) is 29.9 Å². The number of nitrogens with one attached hydrogen (secondary N) is 1. The first-order chi connectivity index (χ1) is 11.9. The first-order valence-corrected chi connectivity index (χ1v) is 8.51. The Morgan fingerprint density at radius 1 is 1.12 bits per heavy atom. The molecule has 3 amide bonds. The van der Waals surface area contributed by atoms with E-state index >= 15 is 0 Å². The maximum Gasteiger partial charge on any atom is 0.325 e. The largest absolute Gasteiger partial charge is 0.325 e. The molecule has 130 valence electrons. The number of rotatable bonds is 4. The van der Waals surface area contributed by atoms with Crippen molar-refractivity contribution in [2.24, 2.45) is 0 Å². The molecule has 0 radical (unpaired) electrons. The SMILES string of the molecule is Cc1ccc(N2CCN(CC(=O)Nc3cc(Cl)ccc3C)C2=O)cc1. The van der Waals surface area contributed by atoms with Crippen molar-refractivity contribution in [1.82, 2.24) is 4.90 Å². The maximum atomic E-state index is 12.6. The number of nitrogens with zero attached hydrogens (tertiary/aromatic N) is 2. The lowest BCUT2D eigenvalue weighted by Gasteiger charge is -2.19. The van der Waals surface area contributed by atoms with E-state index in [-0.39, 0.29) is 18.5 Å². The van der Waals surface area contributed by atoms with Crippen molar-refractivity contribution in [1.29, 1.82) is 0 Å². The molecule has 1 aliphatic rings. The zero-order valence-corrected chi connectivity index (χ0v) is 15.0. The maximum absolute atomic E-state index is 12.6. The van der Waals surface area contributed by atoms with Gasteiger partial charge in [0.1, 0.15) is 6.54 Å². The molecule has 6 heteroatoms. The number of hydrogen-bond donors (Lipinski definition) is 1. The number of anilines is 2. The van der Waals surface area contributed by atoms with Gasteiger partial charge in [-0.25, -0.2) is 4.79 Å². The zero-order chi connectivity index (χ0) is 18.0. The van der Waals surface area contributed by atoms with Gasteiger partial charge in [-0.2, -0.15) is 0 Å². The second kappa shape index (κ2) is 7.15. The molecule has 25 heavy (non-hydrogen) atoms. The van der Waals surface area contributed by atoms with E-state index in [9.17, 15) is 9.59 Å². The molecule has 2 aromatic carbocycles. The summed E-state index contributed by atoms with van der Waals surface area (Å²) < 4.78 is 0. The van der Waals surface area contributed by atoms with Gasteiger partial charge in [-0.05, 0) is 43.7 Å². The van der Waals surface area contributed by atoms with E-state index in [1.54, 1.807) is 21.9 Å². The number of benzene rings is 2. The predicted octanol–water partition coefficient (Wildman–Crippen LogP) is 3.84. The standard InChI is InChI=1S/C19H20ClN3O2/c1-13-3-7-16(8-4-13)23-10-9-22(19(23)25)12-18(24)21-17-11-15(20)6-5-14(17)2/h3-8,11H,9-10,12H2,1-2H3,(H,21,24). The molecule has 1 fully saturated rings. The number of hydrogen-bond acceptors (Lipinski definition) is 2. The highest BCUT2D eigenvalue weighted by molar-refractivity contribution is 6.31. The number of halogens is 1. The molecule has 0 saturated carbocycles. The van der Waals surface area contributed by atoms with Crippen molar-refractivity contribution in [2.45, 2.75) is 13.8 Å². The van der Waals surface area contributed by atoms with E-state index in [2.05, 4.69) is 5.32 Å². The van der Waals surface area contributed by atoms with Gasteiger partial charge < -0.3 is 10.2 Å². The first kappa shape index (κ1) is 17.3. The third-order valence-corrected chi connectivity index (χ3v) is 4.48. The van der Waals surface area contributed by atoms with Crippen LogP contribution < -0.4 is 10.2 Å². The van der Waals surface area contributed by atoms with Crippen molar-refractivity contribution in [3.8, 4) is 0 Å². The van der Waals surface area contributed by atoms with E-state index in [1.807, 2.05) is 44.2 Å². The van der Waals surface area contributed by atoms with Crippen LogP contribution in [0.1, 0.15) is 11.1 Å². The molecule has 0 aromatic heterocycles. The monoisotopic (exact) mass is 357 g/mol. The minimum atomic E-state index is -0.232. The summed E-state index contributed by atoms with van der Waals surface area (Å²) in [4.78, 5) is 28.1. The van der Waals surface area contributed by atoms with Crippen LogP contribution >= 0.6 is 11.6 Å². The average Bonchev–Trinajstić information content (AvgIpc) is 2.92. The predicted molar refractivity (Wildman–Crippen MR) is 100 cm³/mol. The molecule has 0 atom stereocenters. The van der Waals surface area contributed by atoms with Gasteiger partial charge in [-0.1, -0.05) is 35.4 Å². The lowest BCUT2D eigenvalue weighted by Crippen LogP contribution is -2.37. The van der Waals surface area contributed by atoms with Crippen LogP contribution in [0, 0.1) is 13.8 Å². The highest BCUT2D eigenvalue weighted by Crippen LogP contribution is 2.22. The highest BCUT2D eigenvalue weighted by Gasteiger charge is 2.30. The van der Waals surface area contributed by atoms with E-state index in [0.717, 1.165) is 16.8 Å². The van der Waals surface area contributed by atoms with Gasteiger partial charge in [-0.15, -0.1) is 0 Å². The number of carbonyl (C=O) groups is 2. The normalized spacial score (nSPS) is 14.1. The quantitative estimate of drug-likeness (QED) is 0.903. The van der Waals surface area contributed by atoms with Crippen molar-refractivity contribution >= 4 is 34.9 Å². The molecule has 1 heterocycles. The lowest BCUT2D eigenvalue weighted by atomic mass is 10.2. The molecule has 0 aliphatic carbocycles. The van der Waals surface area contributed by atoms with Gasteiger partial charge in [0.25, 0.3) is 0 Å². The molecule has 0 unspecified atom stereocenters. The van der Waals surface area contributed by atoms with E-state index in [0.29, 0.717) is 23.8 Å². The summed E-state index contributed by atoms with van der Waals surface area (Å²) >= 11 is 5.97. The van der Waals surface area contributed by atoms with Crippen LogP contribution in [0.4, 0.5) is 16.2 Å². The number of amides is 3. The summed E-state index contributed by atoms with van der Waals surface area (Å²) in [6.07, 6.45) is 0. The topological polar surface area (TPSA) is 52.6 Å². The van der Waals surface area contributed by atoms with E-state index in [4.69, 9.17) is 11.6 Å². The Labute approximate surface area is 152 Å². The summed E-state index contributed by atoms with van der Waals surface area (Å²) in [5.41, 5.74) is 3.58. The second-order valence-electron chi connectivity index (χ2n) is 6.20. The van der Waals surface area contributed by atoms with Crippen LogP contribution in [0.2, 0.25) is 5.02 Å². The number of aryl methyl sites for hydroxylation is 2. The van der Waals surface area contributed by atoms with Gasteiger partial charge in [0.2, 0.25) is 5.91 Å². The summed E-state index contributed by atoms with van der Waals surface area (Å²) in [5.74, 6) is -0.232. The van der Waals surface area contributed by atoms with Crippen molar-refractivity contribution in [3.05, 3.63) is 58.6 Å². The molecule has 5 nitrogen and oxygen atoms in total. The fourth-order valence-electron chi connectivity index (χ4n) is 2.79. The Hall–Kier alpha value is -2.53. The van der Waals surface area contributed by atoms with Crippen LogP contribution in [-0.4, -0.2) is 36.5 Å². The third kappa shape index (κ3) is 3.94. The minimum Gasteiger partial charge on any atom is -0.324 e. The average molecular weight is 358 g/mol. The summed E-state index contributed by atoms with van der Waals surface area (Å²) in [7, 11) is 0. The Bertz CT molecular complexity index is 805. The van der Waals surface area contributed by atoms with Crippen LogP contribution in [0.5, 0.6) is 0 Å². The Balaban J connectivity index is 1.63. The molecular weight excluding hydrogens is 338 g/mol. The summed E-state index contributed by atoms with van der Waals surface area (Å²) in [6, 6.07) is 13.0. The van der Waals surface area contributed by atoms with Crippen molar-refractivity contribution < 1.29 is 9.59 Å². The van der Waals surface area contributed by atoms with Gasteiger partial charge in [0.15, 0.2) is 0 Å². The molecule has 1 N–H and O–H groups in total. The zero-order valence-electron chi connectivity index (χ0n) is 14.3. The summed E-state index contributed by atoms with van der Waals surface area (Å²) in [6.45, 7) is 5.02. The Kier molecular flexibility index (Phi) is 4.95. The minimum absolute atomic E-state index is 0.0210. The van der Waals surface area contributed by atoms with Gasteiger partial charge in [0.05, 0.1) is 0 Å². The van der Waals surface area contributed by atoms with Crippen molar-refractivity contribution in [3.63, 3.8) is 0 Å². The third-order valence-electron chi connectivity index (χ3n) is 4.25. The van der Waals surface area contributed by atoms with Crippen LogP contribution in [0.3, 0.4) is 0 Å². The van der Waals surface area contributed by atoms with Crippen LogP contribution in [0.25, 0.3) is 0 Å². The second-order valence-corrected chi connectivity index (χ2v) is 6.64. The van der Waals surface area contributed by atoms with Gasteiger partial charge in [0, 0.05) is 29.5 Å². The smallest absolute Gasteiger partial charge is 0.324 e. The molecule has 0 bridgehead atoms. The lowest BCUT2D eigenvalue weighted by molar-refractivity contribution is -0.116.